The largest absolute Gasteiger partial charge is 0.516 e. The smallest absolute Gasteiger partial charge is 0.0799 e. The molecule has 0 aromatic rings. The van der Waals surface area contributed by atoms with Gasteiger partial charge in [0, 0.05) is 0 Å². The van der Waals surface area contributed by atoms with E-state index < -0.39 is 7.92 Å². The summed E-state index contributed by atoms with van der Waals surface area (Å²) in [4.78, 5) is 0. The maximum atomic E-state index is 8.55. The number of hydrogen-bond acceptors (Lipinski definition) is 2. The molecule has 0 aromatic heterocycles. The number of aliphatic hydroxyl groups excluding tert-OH is 2. The first kappa shape index (κ1) is 10.5. The lowest BCUT2D eigenvalue weighted by Crippen LogP contribution is -2.08. The van der Waals surface area contributed by atoms with Gasteiger partial charge >= 0.3 is 0 Å². The molecule has 0 amide bonds. The van der Waals surface area contributed by atoms with Crippen molar-refractivity contribution in [3.8, 4) is 0 Å². The first-order chi connectivity index (χ1) is 5.02. The zero-order valence-electron chi connectivity index (χ0n) is 7.15. The Bertz CT molecular complexity index is 144. The average Bonchev–Trinajstić information content (AvgIpc) is 1.85. The van der Waals surface area contributed by atoms with E-state index in [0.717, 1.165) is 12.5 Å². The van der Waals surface area contributed by atoms with Crippen LogP contribution in [0.5, 0.6) is 0 Å². The van der Waals surface area contributed by atoms with Crippen LogP contribution in [0, 0.1) is 0 Å². The fraction of sp³-hybridized carbons (Fsp3) is 0.500. The lowest BCUT2D eigenvalue weighted by atomic mass is 10.3. The Balaban J connectivity index is 4.34. The molecule has 64 valence electrons. The van der Waals surface area contributed by atoms with E-state index in [4.69, 9.17) is 10.2 Å². The summed E-state index contributed by atoms with van der Waals surface area (Å²) < 4.78 is 0. The normalized spacial score (nSPS) is 13.8. The summed E-state index contributed by atoms with van der Waals surface area (Å²) in [5.74, 6) is 3.42. The molecule has 0 unspecified atom stereocenters. The maximum absolute atomic E-state index is 8.55. The molecule has 0 aliphatic rings. The van der Waals surface area contributed by atoms with Gasteiger partial charge in [0.1, 0.15) is 0 Å². The van der Waals surface area contributed by atoms with Crippen LogP contribution in [-0.4, -0.2) is 15.4 Å². The molecule has 0 atom stereocenters. The van der Waals surface area contributed by atoms with Crippen LogP contribution in [0.25, 0.3) is 0 Å². The van der Waals surface area contributed by atoms with E-state index in [9.17, 15) is 0 Å². The number of aliphatic hydroxyl groups is 2. The van der Waals surface area contributed by atoms with Crippen LogP contribution in [0.4, 0.5) is 0 Å². The molecular formula is C8H15O2P. The molecule has 0 radical (unpaired) electrons. The van der Waals surface area contributed by atoms with E-state index in [1.165, 1.54) is 0 Å². The van der Waals surface area contributed by atoms with Crippen LogP contribution < -0.4 is 0 Å². The van der Waals surface area contributed by atoms with Crippen molar-refractivity contribution in [2.75, 3.05) is 0 Å². The second-order valence-corrected chi connectivity index (χ2v) is 5.93. The molecule has 2 nitrogen and oxygen atoms in total. The van der Waals surface area contributed by atoms with Crippen LogP contribution in [0.2, 0.25) is 0 Å². The Morgan fingerprint density at radius 1 is 1.00 bits per heavy atom. The monoisotopic (exact) mass is 174 g/mol. The quantitative estimate of drug-likeness (QED) is 0.498. The predicted octanol–water partition coefficient (Wildman–Crippen LogP) is 3.33. The van der Waals surface area contributed by atoms with Gasteiger partial charge in [0.2, 0.25) is 0 Å². The van der Waals surface area contributed by atoms with Crippen LogP contribution >= 0.6 is 7.92 Å². The van der Waals surface area contributed by atoms with Gasteiger partial charge in [-0.15, -0.1) is 0 Å². The molecule has 0 fully saturated rings. The van der Waals surface area contributed by atoms with E-state index in [1.54, 1.807) is 11.6 Å². The molecule has 0 saturated heterocycles. The molecule has 0 aliphatic carbocycles. The van der Waals surface area contributed by atoms with Crippen LogP contribution in [0.3, 0.4) is 0 Å². The fourth-order valence-electron chi connectivity index (χ4n) is 0.641. The molecule has 3 heteroatoms. The molecule has 0 saturated carbocycles. The van der Waals surface area contributed by atoms with Crippen LogP contribution in [0.15, 0.2) is 24.2 Å². The fourth-order valence-corrected chi connectivity index (χ4v) is 1.92. The highest BCUT2D eigenvalue weighted by atomic mass is 31.1. The summed E-state index contributed by atoms with van der Waals surface area (Å²) in [5.41, 5.74) is 0. The molecule has 2 N–H and O–H groups in total. The Kier molecular flexibility index (Phi) is 4.20. The van der Waals surface area contributed by atoms with E-state index in [0.29, 0.717) is 0 Å². The molecule has 0 aromatic carbocycles. The lowest BCUT2D eigenvalue weighted by Gasteiger charge is -2.24. The van der Waals surface area contributed by atoms with Crippen molar-refractivity contribution in [1.82, 2.24) is 0 Å². The van der Waals surface area contributed by atoms with Crippen molar-refractivity contribution >= 4 is 7.92 Å². The van der Waals surface area contributed by atoms with E-state index in [1.807, 2.05) is 0 Å². The highest BCUT2D eigenvalue weighted by molar-refractivity contribution is 7.65. The third kappa shape index (κ3) is 4.05. The zero-order valence-corrected chi connectivity index (χ0v) is 8.05. The molecule has 0 heterocycles. The van der Waals surface area contributed by atoms with E-state index in [-0.39, 0.29) is 5.16 Å². The minimum absolute atomic E-state index is 0.0911. The summed E-state index contributed by atoms with van der Waals surface area (Å²) in [7, 11) is -0.563. The van der Waals surface area contributed by atoms with Crippen molar-refractivity contribution < 1.29 is 10.2 Å². The summed E-state index contributed by atoms with van der Waals surface area (Å²) in [6.07, 6.45) is 2.08. The van der Waals surface area contributed by atoms with Gasteiger partial charge in [-0.1, -0.05) is 20.8 Å². The van der Waals surface area contributed by atoms with Crippen molar-refractivity contribution in [2.24, 2.45) is 0 Å². The molecule has 11 heavy (non-hydrogen) atoms. The van der Waals surface area contributed by atoms with Gasteiger partial charge in [0.25, 0.3) is 0 Å². The standard InChI is InChI=1S/C8H15O2P/c1-8(2,3)11(6-4-9)7-5-10/h4-7,9-10H,1-3H3/b6-4+,7-5+. The first-order valence-electron chi connectivity index (χ1n) is 3.42. The minimum Gasteiger partial charge on any atom is -0.516 e. The summed E-state index contributed by atoms with van der Waals surface area (Å²) in [5, 5.41) is 17.2. The number of hydrogen-bond donors (Lipinski definition) is 2. The highest BCUT2D eigenvalue weighted by Crippen LogP contribution is 2.51. The molecular weight excluding hydrogens is 159 g/mol. The molecule has 0 aliphatic heterocycles. The Hall–Kier alpha value is -0.490. The summed E-state index contributed by atoms with van der Waals surface area (Å²) in [6, 6.07) is 0. The van der Waals surface area contributed by atoms with Gasteiger partial charge < -0.3 is 10.2 Å². The van der Waals surface area contributed by atoms with Crippen LogP contribution in [0.1, 0.15) is 20.8 Å². The van der Waals surface area contributed by atoms with Gasteiger partial charge in [0.15, 0.2) is 0 Å². The molecule has 0 rings (SSSR count). The second kappa shape index (κ2) is 4.40. The van der Waals surface area contributed by atoms with E-state index >= 15 is 0 Å². The molecule has 0 spiro atoms. The SMILES string of the molecule is CC(C)(C)P(/C=C/O)/C=C/O. The predicted molar refractivity (Wildman–Crippen MR) is 50.2 cm³/mol. The van der Waals surface area contributed by atoms with Crippen molar-refractivity contribution in [3.63, 3.8) is 0 Å². The Morgan fingerprint density at radius 2 is 1.36 bits per heavy atom. The van der Waals surface area contributed by atoms with E-state index in [2.05, 4.69) is 20.8 Å². The van der Waals surface area contributed by atoms with Gasteiger partial charge in [-0.3, -0.25) is 0 Å². The third-order valence-corrected chi connectivity index (χ3v) is 3.69. The minimum atomic E-state index is -0.563. The van der Waals surface area contributed by atoms with Gasteiger partial charge in [-0.2, -0.15) is 0 Å². The van der Waals surface area contributed by atoms with Crippen LogP contribution in [-0.2, 0) is 0 Å². The third-order valence-electron chi connectivity index (χ3n) is 1.23. The second-order valence-electron chi connectivity index (χ2n) is 3.17. The lowest BCUT2D eigenvalue weighted by molar-refractivity contribution is 0.474. The van der Waals surface area contributed by atoms with Crippen molar-refractivity contribution in [3.05, 3.63) is 24.2 Å². The van der Waals surface area contributed by atoms with Gasteiger partial charge in [-0.25, -0.2) is 0 Å². The topological polar surface area (TPSA) is 40.5 Å². The molecule has 0 bridgehead atoms. The highest BCUT2D eigenvalue weighted by Gasteiger charge is 2.18. The van der Waals surface area contributed by atoms with Gasteiger partial charge in [0.05, 0.1) is 12.5 Å². The van der Waals surface area contributed by atoms with Gasteiger partial charge in [-0.05, 0) is 24.7 Å². The number of rotatable bonds is 2. The summed E-state index contributed by atoms with van der Waals surface area (Å²) >= 11 is 0. The van der Waals surface area contributed by atoms with Crippen molar-refractivity contribution in [2.45, 2.75) is 25.9 Å². The van der Waals surface area contributed by atoms with Crippen molar-refractivity contribution in [1.29, 1.82) is 0 Å². The summed E-state index contributed by atoms with van der Waals surface area (Å²) in [6.45, 7) is 6.20. The zero-order chi connectivity index (χ0) is 8.91. The Labute approximate surface area is 69.0 Å². The Morgan fingerprint density at radius 3 is 1.55 bits per heavy atom. The maximum Gasteiger partial charge on any atom is 0.0799 e. The average molecular weight is 174 g/mol. The first-order valence-corrected chi connectivity index (χ1v) is 4.90.